The van der Waals surface area contributed by atoms with E-state index in [9.17, 15) is 0 Å². The van der Waals surface area contributed by atoms with Gasteiger partial charge in [-0.15, -0.1) is 0 Å². The van der Waals surface area contributed by atoms with Crippen molar-refractivity contribution < 1.29 is 0 Å². The Hall–Kier alpha value is -1.94. The predicted molar refractivity (Wildman–Crippen MR) is 101 cm³/mol. The summed E-state index contributed by atoms with van der Waals surface area (Å²) in [6.07, 6.45) is 10.7. The third-order valence-electron chi connectivity index (χ3n) is 4.64. The topological polar surface area (TPSA) is 62.4 Å². The molecular weight excluding hydrogens is 320 g/mol. The molecule has 4 nitrogen and oxygen atoms in total. The average Bonchev–Trinajstić information content (AvgIpc) is 2.58. The zero-order chi connectivity index (χ0) is 16.9. The van der Waals surface area contributed by atoms with Crippen molar-refractivity contribution in [2.45, 2.75) is 45.1 Å². The molecule has 0 aromatic heterocycles. The molecule has 0 radical (unpaired) electrons. The molecule has 128 valence electrons. The molecule has 4 N–H and O–H groups in total. The molecular formula is C19H25ClN4. The summed E-state index contributed by atoms with van der Waals surface area (Å²) in [5, 5.41) is 7.32. The quantitative estimate of drug-likeness (QED) is 0.709. The van der Waals surface area contributed by atoms with Crippen molar-refractivity contribution in [1.29, 1.82) is 0 Å². The van der Waals surface area contributed by atoms with E-state index in [-0.39, 0.29) is 6.04 Å². The number of hydrogen-bond acceptors (Lipinski definition) is 4. The lowest BCUT2D eigenvalue weighted by Gasteiger charge is -2.23. The van der Waals surface area contributed by atoms with Crippen LogP contribution in [0, 0.1) is 6.92 Å². The van der Waals surface area contributed by atoms with Gasteiger partial charge in [-0.3, -0.25) is 0 Å². The van der Waals surface area contributed by atoms with Gasteiger partial charge in [0.15, 0.2) is 5.96 Å². The molecule has 2 aliphatic rings. The third kappa shape index (κ3) is 4.12. The molecule has 3 rings (SSSR count). The normalized spacial score (nSPS) is 20.6. The molecule has 24 heavy (non-hydrogen) atoms. The predicted octanol–water partition coefficient (Wildman–Crippen LogP) is 3.93. The minimum atomic E-state index is -0.110. The van der Waals surface area contributed by atoms with Gasteiger partial charge in [0.25, 0.3) is 0 Å². The maximum atomic E-state index is 6.24. The summed E-state index contributed by atoms with van der Waals surface area (Å²) >= 11 is 6.24. The van der Waals surface area contributed by atoms with Crippen molar-refractivity contribution in [3.8, 4) is 0 Å². The summed E-state index contributed by atoms with van der Waals surface area (Å²) in [5.41, 5.74) is 9.66. The highest BCUT2D eigenvalue weighted by atomic mass is 35.5. The number of guanidine groups is 1. The molecule has 0 amide bonds. The fraction of sp³-hybridized carbons (Fsp3) is 0.421. The van der Waals surface area contributed by atoms with Crippen LogP contribution in [-0.2, 0) is 0 Å². The molecule has 0 spiro atoms. The number of nitrogens with zero attached hydrogens (tertiary/aromatic N) is 1. The first-order chi connectivity index (χ1) is 11.6. The van der Waals surface area contributed by atoms with Crippen molar-refractivity contribution in [3.05, 3.63) is 57.9 Å². The van der Waals surface area contributed by atoms with E-state index in [1.165, 1.54) is 25.7 Å². The summed E-state index contributed by atoms with van der Waals surface area (Å²) in [6.45, 7) is 2.92. The van der Waals surface area contributed by atoms with E-state index in [2.05, 4.69) is 33.8 Å². The molecule has 1 atom stereocenters. The standard InChI is InChI=1S/C19H25ClN4/c1-13-15(8-5-9-16(13)20)17-12-18(24-19(21)23-17)22-11-10-14-6-3-2-4-7-14/h5-6,8-9,12,17,22H,2-4,7,10-11H2,1H3,(H3,21,23,24). The monoisotopic (exact) mass is 344 g/mol. The van der Waals surface area contributed by atoms with E-state index in [4.69, 9.17) is 17.3 Å². The van der Waals surface area contributed by atoms with Gasteiger partial charge in [-0.25, -0.2) is 4.99 Å². The van der Waals surface area contributed by atoms with Crippen LogP contribution in [0.2, 0.25) is 5.02 Å². The number of halogens is 1. The molecule has 1 aromatic rings. The Balaban J connectivity index is 1.66. The van der Waals surface area contributed by atoms with E-state index in [1.54, 1.807) is 5.57 Å². The van der Waals surface area contributed by atoms with Gasteiger partial charge >= 0.3 is 0 Å². The highest BCUT2D eigenvalue weighted by molar-refractivity contribution is 6.31. The van der Waals surface area contributed by atoms with Gasteiger partial charge in [-0.2, -0.15) is 0 Å². The molecule has 1 aromatic carbocycles. The molecule has 1 aliphatic heterocycles. The van der Waals surface area contributed by atoms with E-state index < -0.39 is 0 Å². The maximum Gasteiger partial charge on any atom is 0.195 e. The summed E-state index contributed by atoms with van der Waals surface area (Å²) in [4.78, 5) is 4.50. The minimum absolute atomic E-state index is 0.110. The zero-order valence-corrected chi connectivity index (χ0v) is 14.9. The maximum absolute atomic E-state index is 6.24. The Kier molecular flexibility index (Phi) is 5.46. The van der Waals surface area contributed by atoms with Crippen LogP contribution >= 0.6 is 11.6 Å². The van der Waals surface area contributed by atoms with Crippen LogP contribution in [0.1, 0.15) is 49.3 Å². The molecule has 0 bridgehead atoms. The first-order valence-corrected chi connectivity index (χ1v) is 9.00. The number of aliphatic imine (C=N–C) groups is 1. The van der Waals surface area contributed by atoms with Crippen molar-refractivity contribution >= 4 is 17.6 Å². The molecule has 1 unspecified atom stereocenters. The second kappa shape index (κ2) is 7.75. The van der Waals surface area contributed by atoms with Gasteiger partial charge in [0, 0.05) is 11.6 Å². The zero-order valence-electron chi connectivity index (χ0n) is 14.1. The second-order valence-electron chi connectivity index (χ2n) is 6.40. The van der Waals surface area contributed by atoms with Gasteiger partial charge in [0.1, 0.15) is 11.9 Å². The minimum Gasteiger partial charge on any atom is -0.371 e. The number of allylic oxidation sites excluding steroid dienone is 1. The second-order valence-corrected chi connectivity index (χ2v) is 6.81. The smallest absolute Gasteiger partial charge is 0.195 e. The summed E-state index contributed by atoms with van der Waals surface area (Å²) < 4.78 is 0. The Bertz CT molecular complexity index is 691. The lowest BCUT2D eigenvalue weighted by molar-refractivity contribution is 0.648. The Morgan fingerprint density at radius 1 is 1.38 bits per heavy atom. The van der Waals surface area contributed by atoms with Gasteiger partial charge in [-0.05, 0) is 62.3 Å². The lowest BCUT2D eigenvalue weighted by Crippen LogP contribution is -2.40. The Morgan fingerprint density at radius 3 is 3.04 bits per heavy atom. The average molecular weight is 345 g/mol. The van der Waals surface area contributed by atoms with E-state index in [0.717, 1.165) is 34.9 Å². The number of nitrogens with two attached hydrogens (primary N) is 1. The van der Waals surface area contributed by atoms with Crippen molar-refractivity contribution in [3.63, 3.8) is 0 Å². The van der Waals surface area contributed by atoms with Crippen LogP contribution in [0.5, 0.6) is 0 Å². The molecule has 0 saturated heterocycles. The van der Waals surface area contributed by atoms with Gasteiger partial charge in [-0.1, -0.05) is 35.4 Å². The Labute approximate surface area is 148 Å². The Morgan fingerprint density at radius 2 is 2.25 bits per heavy atom. The van der Waals surface area contributed by atoms with Crippen LogP contribution in [-0.4, -0.2) is 12.5 Å². The number of nitrogens with one attached hydrogen (secondary N) is 2. The first kappa shape index (κ1) is 16.9. The molecule has 0 saturated carbocycles. The van der Waals surface area contributed by atoms with E-state index >= 15 is 0 Å². The highest BCUT2D eigenvalue weighted by Crippen LogP contribution is 2.29. The van der Waals surface area contributed by atoms with Crippen molar-refractivity contribution in [2.24, 2.45) is 10.7 Å². The van der Waals surface area contributed by atoms with Gasteiger partial charge in [0.2, 0.25) is 0 Å². The van der Waals surface area contributed by atoms with Crippen molar-refractivity contribution in [2.75, 3.05) is 6.54 Å². The summed E-state index contributed by atoms with van der Waals surface area (Å²) in [5.74, 6) is 1.35. The molecule has 0 fully saturated rings. The van der Waals surface area contributed by atoms with Crippen LogP contribution in [0.25, 0.3) is 0 Å². The number of rotatable bonds is 5. The highest BCUT2D eigenvalue weighted by Gasteiger charge is 2.18. The van der Waals surface area contributed by atoms with Gasteiger partial charge < -0.3 is 16.4 Å². The number of hydrogen-bond donors (Lipinski definition) is 3. The van der Waals surface area contributed by atoms with Crippen LogP contribution < -0.4 is 16.4 Å². The first-order valence-electron chi connectivity index (χ1n) is 8.62. The van der Waals surface area contributed by atoms with E-state index in [0.29, 0.717) is 5.96 Å². The fourth-order valence-electron chi connectivity index (χ4n) is 3.25. The summed E-state index contributed by atoms with van der Waals surface area (Å²) in [6, 6.07) is 5.79. The summed E-state index contributed by atoms with van der Waals surface area (Å²) in [7, 11) is 0. The number of benzene rings is 1. The van der Waals surface area contributed by atoms with Crippen molar-refractivity contribution in [1.82, 2.24) is 10.6 Å². The van der Waals surface area contributed by atoms with Crippen LogP contribution in [0.15, 0.2) is 46.7 Å². The lowest BCUT2D eigenvalue weighted by atomic mass is 9.97. The van der Waals surface area contributed by atoms with Crippen LogP contribution in [0.3, 0.4) is 0 Å². The van der Waals surface area contributed by atoms with E-state index in [1.807, 2.05) is 19.1 Å². The van der Waals surface area contributed by atoms with Crippen LogP contribution in [0.4, 0.5) is 0 Å². The third-order valence-corrected chi connectivity index (χ3v) is 5.05. The SMILES string of the molecule is Cc1c(Cl)cccc1C1C=C(NCCC2=CCCCC2)NC(N)=N1. The molecule has 1 heterocycles. The molecule has 1 aliphatic carbocycles. The van der Waals surface area contributed by atoms with Gasteiger partial charge in [0.05, 0.1) is 0 Å². The molecule has 5 heteroatoms. The largest absolute Gasteiger partial charge is 0.371 e. The fourth-order valence-corrected chi connectivity index (χ4v) is 3.44.